The van der Waals surface area contributed by atoms with Crippen LogP contribution in [0, 0.1) is 5.92 Å². The summed E-state index contributed by atoms with van der Waals surface area (Å²) in [5.74, 6) is 0.613. The summed E-state index contributed by atoms with van der Waals surface area (Å²) in [5, 5.41) is 6.58. The van der Waals surface area contributed by atoms with Gasteiger partial charge in [0.1, 0.15) is 0 Å². The van der Waals surface area contributed by atoms with Crippen LogP contribution >= 0.6 is 0 Å². The van der Waals surface area contributed by atoms with Crippen molar-refractivity contribution in [3.8, 4) is 0 Å². The Labute approximate surface area is 125 Å². The zero-order chi connectivity index (χ0) is 14.7. The maximum absolute atomic E-state index is 12.5. The number of amides is 1. The van der Waals surface area contributed by atoms with Crippen LogP contribution in [0.4, 0.5) is 0 Å². The number of aromatic nitrogens is 2. The first kappa shape index (κ1) is 13.9. The number of rotatable bonds is 4. The Morgan fingerprint density at radius 3 is 2.86 bits per heavy atom. The summed E-state index contributed by atoms with van der Waals surface area (Å²) in [6.45, 7) is 0. The van der Waals surface area contributed by atoms with Crippen molar-refractivity contribution in [3.05, 3.63) is 53.9 Å². The second-order valence-corrected chi connectivity index (χ2v) is 5.85. The fourth-order valence-corrected chi connectivity index (χ4v) is 3.40. The Hall–Kier alpha value is -2.10. The van der Waals surface area contributed by atoms with Crippen molar-refractivity contribution in [1.82, 2.24) is 15.1 Å². The van der Waals surface area contributed by atoms with Crippen LogP contribution in [0.15, 0.2) is 42.7 Å². The van der Waals surface area contributed by atoms with Gasteiger partial charge in [-0.15, -0.1) is 0 Å². The van der Waals surface area contributed by atoms with Gasteiger partial charge in [0.2, 0.25) is 0 Å². The standard InChI is InChI=1S/C17H21N3O/c1-20(17(21)15-11-18-19-12-15)16-9-5-8-14(16)10-13-6-3-2-4-7-13/h2-4,6-7,11-12,14,16H,5,8-10H2,1H3,(H,18,19)/t14-,16-/m1/s1. The van der Waals surface area contributed by atoms with E-state index in [1.807, 2.05) is 18.0 Å². The van der Waals surface area contributed by atoms with E-state index in [2.05, 4.69) is 34.5 Å². The van der Waals surface area contributed by atoms with Gasteiger partial charge in [0.15, 0.2) is 0 Å². The third-order valence-corrected chi connectivity index (χ3v) is 4.52. The summed E-state index contributed by atoms with van der Waals surface area (Å²) >= 11 is 0. The van der Waals surface area contributed by atoms with Gasteiger partial charge in [0, 0.05) is 19.3 Å². The van der Waals surface area contributed by atoms with Gasteiger partial charge < -0.3 is 4.90 Å². The first-order valence-electron chi connectivity index (χ1n) is 7.55. The molecule has 1 aliphatic carbocycles. The number of nitrogens with zero attached hydrogens (tertiary/aromatic N) is 2. The maximum atomic E-state index is 12.5. The minimum atomic E-state index is 0.0636. The number of hydrogen-bond acceptors (Lipinski definition) is 2. The van der Waals surface area contributed by atoms with Crippen molar-refractivity contribution in [2.45, 2.75) is 31.7 Å². The van der Waals surface area contributed by atoms with E-state index >= 15 is 0 Å². The highest BCUT2D eigenvalue weighted by molar-refractivity contribution is 5.93. The average molecular weight is 283 g/mol. The summed E-state index contributed by atoms with van der Waals surface area (Å²) in [5.41, 5.74) is 2.00. The summed E-state index contributed by atoms with van der Waals surface area (Å²) in [6.07, 6.45) is 7.81. The molecule has 1 amide bonds. The molecule has 1 aromatic heterocycles. The van der Waals surface area contributed by atoms with Crippen LogP contribution in [0.2, 0.25) is 0 Å². The van der Waals surface area contributed by atoms with Gasteiger partial charge in [-0.05, 0) is 30.7 Å². The molecule has 3 rings (SSSR count). The zero-order valence-electron chi connectivity index (χ0n) is 12.3. The maximum Gasteiger partial charge on any atom is 0.257 e. The molecule has 0 bridgehead atoms. The highest BCUT2D eigenvalue weighted by atomic mass is 16.2. The van der Waals surface area contributed by atoms with Gasteiger partial charge in [0.25, 0.3) is 5.91 Å². The molecular formula is C17H21N3O. The lowest BCUT2D eigenvalue weighted by atomic mass is 9.93. The number of benzene rings is 1. The van der Waals surface area contributed by atoms with Crippen molar-refractivity contribution in [2.75, 3.05) is 7.05 Å². The molecule has 1 N–H and O–H groups in total. The first-order chi connectivity index (χ1) is 10.3. The Bertz CT molecular complexity index is 579. The topological polar surface area (TPSA) is 49.0 Å². The molecule has 0 spiro atoms. The number of carbonyl (C=O) groups is 1. The third kappa shape index (κ3) is 2.99. The summed E-state index contributed by atoms with van der Waals surface area (Å²) in [4.78, 5) is 14.4. The van der Waals surface area contributed by atoms with Crippen LogP contribution in [0.3, 0.4) is 0 Å². The fourth-order valence-electron chi connectivity index (χ4n) is 3.40. The van der Waals surface area contributed by atoms with E-state index in [-0.39, 0.29) is 5.91 Å². The van der Waals surface area contributed by atoms with Gasteiger partial charge in [-0.2, -0.15) is 5.10 Å². The molecule has 1 heterocycles. The second-order valence-electron chi connectivity index (χ2n) is 5.85. The summed E-state index contributed by atoms with van der Waals surface area (Å²) in [6, 6.07) is 10.9. The van der Waals surface area contributed by atoms with Crippen LogP contribution < -0.4 is 0 Å². The van der Waals surface area contributed by atoms with E-state index in [9.17, 15) is 4.79 Å². The monoisotopic (exact) mass is 283 g/mol. The molecule has 110 valence electrons. The molecule has 1 saturated carbocycles. The van der Waals surface area contributed by atoms with Crippen LogP contribution in [0.1, 0.15) is 35.2 Å². The van der Waals surface area contributed by atoms with Gasteiger partial charge >= 0.3 is 0 Å². The van der Waals surface area contributed by atoms with Crippen LogP contribution in [-0.2, 0) is 6.42 Å². The van der Waals surface area contributed by atoms with Crippen molar-refractivity contribution in [1.29, 1.82) is 0 Å². The molecular weight excluding hydrogens is 262 g/mol. The molecule has 0 unspecified atom stereocenters. The fraction of sp³-hybridized carbons (Fsp3) is 0.412. The molecule has 2 aromatic rings. The number of nitrogens with one attached hydrogen (secondary N) is 1. The van der Waals surface area contributed by atoms with E-state index in [1.54, 1.807) is 12.4 Å². The highest BCUT2D eigenvalue weighted by Gasteiger charge is 2.33. The van der Waals surface area contributed by atoms with E-state index in [0.29, 0.717) is 17.5 Å². The van der Waals surface area contributed by atoms with Crippen molar-refractivity contribution < 1.29 is 4.79 Å². The lowest BCUT2D eigenvalue weighted by molar-refractivity contribution is 0.0696. The van der Waals surface area contributed by atoms with Crippen molar-refractivity contribution in [3.63, 3.8) is 0 Å². The van der Waals surface area contributed by atoms with Gasteiger partial charge in [0.05, 0.1) is 11.8 Å². The van der Waals surface area contributed by atoms with Crippen LogP contribution in [-0.4, -0.2) is 34.1 Å². The number of hydrogen-bond donors (Lipinski definition) is 1. The molecule has 21 heavy (non-hydrogen) atoms. The smallest absolute Gasteiger partial charge is 0.257 e. The summed E-state index contributed by atoms with van der Waals surface area (Å²) in [7, 11) is 1.92. The number of aromatic amines is 1. The summed E-state index contributed by atoms with van der Waals surface area (Å²) < 4.78 is 0. The van der Waals surface area contributed by atoms with Gasteiger partial charge in [-0.1, -0.05) is 36.8 Å². The molecule has 1 aromatic carbocycles. The number of carbonyl (C=O) groups excluding carboxylic acids is 1. The second kappa shape index (κ2) is 6.12. The minimum absolute atomic E-state index is 0.0636. The SMILES string of the molecule is CN(C(=O)c1cn[nH]c1)[C@@H]1CCC[C@@H]1Cc1ccccc1. The van der Waals surface area contributed by atoms with Crippen molar-refractivity contribution >= 4 is 5.91 Å². The molecule has 0 aliphatic heterocycles. The van der Waals surface area contributed by atoms with E-state index in [1.165, 1.54) is 18.4 Å². The van der Waals surface area contributed by atoms with E-state index < -0.39 is 0 Å². The third-order valence-electron chi connectivity index (χ3n) is 4.52. The predicted octanol–water partition coefficient (Wildman–Crippen LogP) is 2.89. The van der Waals surface area contributed by atoms with Crippen LogP contribution in [0.5, 0.6) is 0 Å². The lowest BCUT2D eigenvalue weighted by Crippen LogP contribution is -2.39. The van der Waals surface area contributed by atoms with Crippen LogP contribution in [0.25, 0.3) is 0 Å². The zero-order valence-corrected chi connectivity index (χ0v) is 12.3. The quantitative estimate of drug-likeness (QED) is 0.938. The number of H-pyrrole nitrogens is 1. The molecule has 4 nitrogen and oxygen atoms in total. The van der Waals surface area contributed by atoms with Gasteiger partial charge in [-0.25, -0.2) is 0 Å². The Balaban J connectivity index is 1.70. The Kier molecular flexibility index (Phi) is 4.04. The molecule has 0 radical (unpaired) electrons. The molecule has 2 atom stereocenters. The Morgan fingerprint density at radius 1 is 1.33 bits per heavy atom. The average Bonchev–Trinajstić information content (AvgIpc) is 3.18. The van der Waals surface area contributed by atoms with Gasteiger partial charge in [-0.3, -0.25) is 9.89 Å². The van der Waals surface area contributed by atoms with E-state index in [0.717, 1.165) is 12.8 Å². The highest BCUT2D eigenvalue weighted by Crippen LogP contribution is 2.32. The molecule has 1 fully saturated rings. The minimum Gasteiger partial charge on any atom is -0.338 e. The normalized spacial score (nSPS) is 21.4. The van der Waals surface area contributed by atoms with E-state index in [4.69, 9.17) is 0 Å². The first-order valence-corrected chi connectivity index (χ1v) is 7.55. The predicted molar refractivity (Wildman–Crippen MR) is 82.0 cm³/mol. The lowest BCUT2D eigenvalue weighted by Gasteiger charge is -2.29. The molecule has 0 saturated heterocycles. The Morgan fingerprint density at radius 2 is 2.14 bits per heavy atom. The molecule has 4 heteroatoms. The molecule has 1 aliphatic rings. The largest absolute Gasteiger partial charge is 0.338 e. The van der Waals surface area contributed by atoms with Crippen molar-refractivity contribution in [2.24, 2.45) is 5.92 Å².